The highest BCUT2D eigenvalue weighted by Gasteiger charge is 2.30. The lowest BCUT2D eigenvalue weighted by atomic mass is 10.1. The van der Waals surface area contributed by atoms with E-state index in [2.05, 4.69) is 5.32 Å². The van der Waals surface area contributed by atoms with Crippen LogP contribution in [-0.2, 0) is 27.5 Å². The number of sulfonamides is 1. The van der Waals surface area contributed by atoms with E-state index in [-0.39, 0.29) is 31.8 Å². The summed E-state index contributed by atoms with van der Waals surface area (Å²) in [6.45, 7) is 2.16. The average Bonchev–Trinajstić information content (AvgIpc) is 2.69. The Balaban J connectivity index is 1.95. The zero-order valence-electron chi connectivity index (χ0n) is 17.3. The summed E-state index contributed by atoms with van der Waals surface area (Å²) in [5.74, 6) is 0.0355. The topological polar surface area (TPSA) is 75.7 Å². The highest BCUT2D eigenvalue weighted by atomic mass is 32.2. The van der Waals surface area contributed by atoms with Crippen molar-refractivity contribution in [2.45, 2.75) is 32.5 Å². The van der Waals surface area contributed by atoms with Gasteiger partial charge in [-0.1, -0.05) is 24.3 Å². The summed E-state index contributed by atoms with van der Waals surface area (Å²) in [6, 6.07) is 11.4. The van der Waals surface area contributed by atoms with Crippen LogP contribution in [-0.4, -0.2) is 33.7 Å². The first kappa shape index (κ1) is 24.5. The van der Waals surface area contributed by atoms with Gasteiger partial charge in [-0.25, -0.2) is 8.42 Å². The summed E-state index contributed by atoms with van der Waals surface area (Å²) in [7, 11) is -3.62. The molecule has 0 saturated heterocycles. The fourth-order valence-corrected chi connectivity index (χ4v) is 3.90. The molecule has 0 unspecified atom stereocenters. The van der Waals surface area contributed by atoms with Crippen LogP contribution in [0.25, 0.3) is 0 Å². The first-order chi connectivity index (χ1) is 14.5. The van der Waals surface area contributed by atoms with Gasteiger partial charge in [-0.3, -0.25) is 9.10 Å². The van der Waals surface area contributed by atoms with Crippen LogP contribution >= 0.6 is 0 Å². The van der Waals surface area contributed by atoms with Gasteiger partial charge in [0.25, 0.3) is 0 Å². The normalized spacial score (nSPS) is 11.8. The van der Waals surface area contributed by atoms with E-state index in [1.165, 1.54) is 16.4 Å². The van der Waals surface area contributed by atoms with Gasteiger partial charge in [-0.05, 0) is 43.2 Å². The largest absolute Gasteiger partial charge is 0.492 e. The number of rotatable bonds is 10. The van der Waals surface area contributed by atoms with Crippen LogP contribution in [0.4, 0.5) is 18.9 Å². The minimum Gasteiger partial charge on any atom is -0.492 e. The highest BCUT2D eigenvalue weighted by molar-refractivity contribution is 7.92. The number of carbonyl (C=O) groups excluding carboxylic acids is 1. The summed E-state index contributed by atoms with van der Waals surface area (Å²) in [5.41, 5.74) is -0.0705. The Morgan fingerprint density at radius 2 is 1.84 bits per heavy atom. The van der Waals surface area contributed by atoms with E-state index in [1.54, 1.807) is 31.2 Å². The van der Waals surface area contributed by atoms with Crippen molar-refractivity contribution in [1.29, 1.82) is 0 Å². The zero-order chi connectivity index (χ0) is 23.1. The molecule has 2 rings (SSSR count). The number of halogens is 3. The number of benzene rings is 2. The van der Waals surface area contributed by atoms with Crippen molar-refractivity contribution in [3.05, 3.63) is 59.7 Å². The van der Waals surface area contributed by atoms with Crippen LogP contribution in [0, 0.1) is 0 Å². The van der Waals surface area contributed by atoms with Crippen molar-refractivity contribution in [1.82, 2.24) is 5.32 Å². The van der Waals surface area contributed by atoms with E-state index in [0.29, 0.717) is 23.6 Å². The Hall–Kier alpha value is -2.75. The van der Waals surface area contributed by atoms with Gasteiger partial charge in [0.05, 0.1) is 24.1 Å². The van der Waals surface area contributed by atoms with Crippen molar-refractivity contribution >= 4 is 21.6 Å². The average molecular weight is 459 g/mol. The number of hydrogen-bond donors (Lipinski definition) is 1. The number of hydrogen-bond acceptors (Lipinski definition) is 4. The monoisotopic (exact) mass is 458 g/mol. The minimum absolute atomic E-state index is 0.0157. The SMILES string of the molecule is CCOc1ccccc1N(CCCC(=O)NCc1cccc(C(F)(F)F)c1)S(C)(=O)=O. The van der Waals surface area contributed by atoms with Crippen LogP contribution in [0.1, 0.15) is 30.9 Å². The number of para-hydroxylation sites is 2. The molecular formula is C21H25F3N2O4S. The van der Waals surface area contributed by atoms with E-state index in [0.717, 1.165) is 18.4 Å². The van der Waals surface area contributed by atoms with Crippen LogP contribution in [0.2, 0.25) is 0 Å². The fourth-order valence-electron chi connectivity index (χ4n) is 2.94. The molecule has 1 N–H and O–H groups in total. The molecule has 0 heterocycles. The van der Waals surface area contributed by atoms with Gasteiger partial charge >= 0.3 is 6.18 Å². The van der Waals surface area contributed by atoms with E-state index >= 15 is 0 Å². The van der Waals surface area contributed by atoms with Gasteiger partial charge in [0, 0.05) is 19.5 Å². The third kappa shape index (κ3) is 7.46. The summed E-state index contributed by atoms with van der Waals surface area (Å²) < 4.78 is 69.5. The van der Waals surface area contributed by atoms with Gasteiger partial charge in [-0.15, -0.1) is 0 Å². The molecule has 0 aliphatic carbocycles. The second-order valence-electron chi connectivity index (χ2n) is 6.81. The number of anilines is 1. The number of amides is 1. The molecule has 31 heavy (non-hydrogen) atoms. The molecule has 0 aromatic heterocycles. The summed E-state index contributed by atoms with van der Waals surface area (Å²) in [5, 5.41) is 2.56. The molecule has 0 fully saturated rings. The third-order valence-electron chi connectivity index (χ3n) is 4.34. The smallest absolute Gasteiger partial charge is 0.416 e. The number of nitrogens with one attached hydrogen (secondary N) is 1. The quantitative estimate of drug-likeness (QED) is 0.585. The molecule has 10 heteroatoms. The second kappa shape index (κ2) is 10.5. The molecule has 2 aromatic carbocycles. The molecule has 6 nitrogen and oxygen atoms in total. The number of nitrogens with zero attached hydrogens (tertiary/aromatic N) is 1. The van der Waals surface area contributed by atoms with E-state index in [9.17, 15) is 26.4 Å². The molecular weight excluding hydrogens is 433 g/mol. The molecule has 2 aromatic rings. The third-order valence-corrected chi connectivity index (χ3v) is 5.52. The highest BCUT2D eigenvalue weighted by Crippen LogP contribution is 2.30. The summed E-state index contributed by atoms with van der Waals surface area (Å²) in [4.78, 5) is 12.1. The first-order valence-electron chi connectivity index (χ1n) is 9.64. The van der Waals surface area contributed by atoms with Crippen molar-refractivity contribution < 1.29 is 31.1 Å². The van der Waals surface area contributed by atoms with Crippen molar-refractivity contribution in [2.24, 2.45) is 0 Å². The van der Waals surface area contributed by atoms with Crippen LogP contribution in [0.15, 0.2) is 48.5 Å². The van der Waals surface area contributed by atoms with Gasteiger partial charge in [0.1, 0.15) is 5.75 Å². The predicted molar refractivity (Wildman–Crippen MR) is 112 cm³/mol. The standard InChI is InChI=1S/C21H25F3N2O4S/c1-3-30-19-11-5-4-10-18(19)26(31(2,28)29)13-7-12-20(27)25-15-16-8-6-9-17(14-16)21(22,23)24/h4-6,8-11,14H,3,7,12-13,15H2,1-2H3,(H,25,27). The van der Waals surface area contributed by atoms with Gasteiger partial charge in [-0.2, -0.15) is 13.2 Å². The Labute approximate surface area is 180 Å². The van der Waals surface area contributed by atoms with Crippen LogP contribution < -0.4 is 14.4 Å². The van der Waals surface area contributed by atoms with Gasteiger partial charge in [0.15, 0.2) is 0 Å². The van der Waals surface area contributed by atoms with E-state index in [1.807, 2.05) is 0 Å². The van der Waals surface area contributed by atoms with Crippen LogP contribution in [0.3, 0.4) is 0 Å². The Morgan fingerprint density at radius 3 is 2.48 bits per heavy atom. The Kier molecular flexibility index (Phi) is 8.32. The number of carbonyl (C=O) groups is 1. The van der Waals surface area contributed by atoms with Gasteiger partial charge in [0.2, 0.25) is 15.9 Å². The van der Waals surface area contributed by atoms with Crippen molar-refractivity contribution in [3.8, 4) is 5.75 Å². The molecule has 0 radical (unpaired) electrons. The van der Waals surface area contributed by atoms with Crippen LogP contribution in [0.5, 0.6) is 5.75 Å². The maximum atomic E-state index is 12.8. The Morgan fingerprint density at radius 1 is 1.13 bits per heavy atom. The molecule has 0 aliphatic rings. The lowest BCUT2D eigenvalue weighted by Crippen LogP contribution is -2.32. The van der Waals surface area contributed by atoms with Gasteiger partial charge < -0.3 is 10.1 Å². The molecule has 0 spiro atoms. The van der Waals surface area contributed by atoms with Crippen molar-refractivity contribution in [2.75, 3.05) is 23.7 Å². The Bertz CT molecular complexity index is 994. The number of ether oxygens (including phenoxy) is 1. The minimum atomic E-state index is -4.45. The van der Waals surface area contributed by atoms with E-state index < -0.39 is 21.8 Å². The molecule has 0 aliphatic heterocycles. The van der Waals surface area contributed by atoms with Crippen molar-refractivity contribution in [3.63, 3.8) is 0 Å². The predicted octanol–water partition coefficient (Wildman–Crippen LogP) is 3.97. The maximum Gasteiger partial charge on any atom is 0.416 e. The number of alkyl halides is 3. The second-order valence-corrected chi connectivity index (χ2v) is 8.72. The molecule has 1 amide bonds. The molecule has 0 atom stereocenters. The fraction of sp³-hybridized carbons (Fsp3) is 0.381. The summed E-state index contributed by atoms with van der Waals surface area (Å²) >= 11 is 0. The van der Waals surface area contributed by atoms with E-state index in [4.69, 9.17) is 4.74 Å². The lowest BCUT2D eigenvalue weighted by Gasteiger charge is -2.24. The zero-order valence-corrected chi connectivity index (χ0v) is 18.1. The maximum absolute atomic E-state index is 12.8. The molecule has 0 bridgehead atoms. The summed E-state index contributed by atoms with van der Waals surface area (Å²) in [6.07, 6.45) is -3.14. The molecule has 0 saturated carbocycles. The molecule has 170 valence electrons. The first-order valence-corrected chi connectivity index (χ1v) is 11.5. The lowest BCUT2D eigenvalue weighted by molar-refractivity contribution is -0.137.